The van der Waals surface area contributed by atoms with Gasteiger partial charge in [-0.3, -0.25) is 0 Å². The van der Waals surface area contributed by atoms with Gasteiger partial charge in [-0.1, -0.05) is 17.8 Å². The molecule has 0 amide bonds. The van der Waals surface area contributed by atoms with Crippen LogP contribution in [-0.4, -0.2) is 24.5 Å². The van der Waals surface area contributed by atoms with Crippen molar-refractivity contribution in [3.05, 3.63) is 60.8 Å². The maximum absolute atomic E-state index is 4.35. The molecule has 0 saturated carbocycles. The first-order valence-electron chi connectivity index (χ1n) is 7.51. The van der Waals surface area contributed by atoms with Gasteiger partial charge in [0.2, 0.25) is 0 Å². The lowest BCUT2D eigenvalue weighted by molar-refractivity contribution is 0.823. The van der Waals surface area contributed by atoms with Crippen LogP contribution >= 0.6 is 11.8 Å². The molecule has 0 bridgehead atoms. The van der Waals surface area contributed by atoms with Crippen LogP contribution in [0.15, 0.2) is 65.2 Å². The number of fused-ring (bicyclic) bond motifs is 3. The van der Waals surface area contributed by atoms with Crippen LogP contribution in [0.5, 0.6) is 0 Å². The first-order valence-corrected chi connectivity index (χ1v) is 8.33. The molecule has 0 unspecified atom stereocenters. The average Bonchev–Trinajstić information content (AvgIpc) is 3.03. The van der Waals surface area contributed by atoms with Gasteiger partial charge in [-0.15, -0.1) is 0 Å². The van der Waals surface area contributed by atoms with Crippen molar-refractivity contribution < 1.29 is 0 Å². The Labute approximate surface area is 142 Å². The van der Waals surface area contributed by atoms with E-state index in [0.717, 1.165) is 39.1 Å². The van der Waals surface area contributed by atoms with Crippen LogP contribution in [0.3, 0.4) is 0 Å². The fraction of sp³-hybridized carbons (Fsp3) is 0.0588. The molecule has 0 atom stereocenters. The summed E-state index contributed by atoms with van der Waals surface area (Å²) < 4.78 is 2.10. The van der Waals surface area contributed by atoms with Crippen molar-refractivity contribution in [2.75, 3.05) is 5.32 Å². The maximum Gasteiger partial charge on any atom is 0.177 e. The SMILES string of the molecule is c1cnc2ncn(Cc3ccc4c(c3)Nc3nccnc3S4)c2c1. The molecule has 0 aliphatic carbocycles. The van der Waals surface area contributed by atoms with Crippen LogP contribution < -0.4 is 5.32 Å². The van der Waals surface area contributed by atoms with E-state index in [2.05, 4.69) is 48.0 Å². The third kappa shape index (κ3) is 2.21. The summed E-state index contributed by atoms with van der Waals surface area (Å²) in [7, 11) is 0. The van der Waals surface area contributed by atoms with E-state index in [9.17, 15) is 0 Å². The van der Waals surface area contributed by atoms with Gasteiger partial charge in [-0.2, -0.15) is 0 Å². The lowest BCUT2D eigenvalue weighted by atomic mass is 10.2. The van der Waals surface area contributed by atoms with Crippen molar-refractivity contribution in [3.63, 3.8) is 0 Å². The molecule has 1 aliphatic rings. The molecular formula is C17H12N6S. The molecule has 0 spiro atoms. The van der Waals surface area contributed by atoms with E-state index in [1.165, 1.54) is 5.56 Å². The van der Waals surface area contributed by atoms with Crippen molar-refractivity contribution >= 4 is 34.4 Å². The second-order valence-corrected chi connectivity index (χ2v) is 6.52. The Morgan fingerprint density at radius 3 is 2.96 bits per heavy atom. The van der Waals surface area contributed by atoms with Crippen LogP contribution in [0.1, 0.15) is 5.56 Å². The number of anilines is 2. The van der Waals surface area contributed by atoms with Gasteiger partial charge in [-0.05, 0) is 29.8 Å². The van der Waals surface area contributed by atoms with Gasteiger partial charge < -0.3 is 9.88 Å². The number of nitrogens with zero attached hydrogens (tertiary/aromatic N) is 5. The second-order valence-electron chi connectivity index (χ2n) is 5.49. The van der Waals surface area contributed by atoms with E-state index < -0.39 is 0 Å². The molecule has 4 aromatic rings. The number of rotatable bonds is 2. The summed E-state index contributed by atoms with van der Waals surface area (Å²) in [6.45, 7) is 0.745. The predicted molar refractivity (Wildman–Crippen MR) is 92.5 cm³/mol. The van der Waals surface area contributed by atoms with Gasteiger partial charge in [0.25, 0.3) is 0 Å². The van der Waals surface area contributed by atoms with Gasteiger partial charge in [0, 0.05) is 30.0 Å². The maximum atomic E-state index is 4.35. The predicted octanol–water partition coefficient (Wildman–Crippen LogP) is 3.48. The van der Waals surface area contributed by atoms with E-state index in [-0.39, 0.29) is 0 Å². The van der Waals surface area contributed by atoms with Gasteiger partial charge in [0.15, 0.2) is 11.5 Å². The van der Waals surface area contributed by atoms with E-state index in [4.69, 9.17) is 0 Å². The van der Waals surface area contributed by atoms with E-state index >= 15 is 0 Å². The summed E-state index contributed by atoms with van der Waals surface area (Å²) >= 11 is 1.64. The first-order chi connectivity index (χ1) is 11.9. The standard InChI is InChI=1S/C17H12N6S/c1-2-13-15(18-5-1)21-10-23(13)9-11-3-4-14-12(8-11)22-16-17(24-14)20-7-6-19-16/h1-8,10H,9H2,(H,19,22). The lowest BCUT2D eigenvalue weighted by Gasteiger charge is -2.19. The highest BCUT2D eigenvalue weighted by molar-refractivity contribution is 7.99. The zero-order valence-corrected chi connectivity index (χ0v) is 13.4. The smallest absolute Gasteiger partial charge is 0.177 e. The van der Waals surface area contributed by atoms with E-state index in [1.807, 2.05) is 18.5 Å². The Morgan fingerprint density at radius 2 is 1.96 bits per heavy atom. The first kappa shape index (κ1) is 13.5. The third-order valence-corrected chi connectivity index (χ3v) is 4.98. The van der Waals surface area contributed by atoms with Crippen molar-refractivity contribution in [1.29, 1.82) is 0 Å². The fourth-order valence-corrected chi connectivity index (χ4v) is 3.68. The monoisotopic (exact) mass is 332 g/mol. The molecule has 0 fully saturated rings. The van der Waals surface area contributed by atoms with E-state index in [0.29, 0.717) is 0 Å². The topological polar surface area (TPSA) is 68.5 Å². The molecular weight excluding hydrogens is 320 g/mol. The number of nitrogens with one attached hydrogen (secondary N) is 1. The molecule has 7 heteroatoms. The molecule has 1 N–H and O–H groups in total. The summed E-state index contributed by atoms with van der Waals surface area (Å²) in [5.74, 6) is 0.810. The minimum atomic E-state index is 0.745. The number of aromatic nitrogens is 5. The minimum absolute atomic E-state index is 0.745. The van der Waals surface area contributed by atoms with Crippen LogP contribution in [0.25, 0.3) is 11.2 Å². The molecule has 0 radical (unpaired) electrons. The molecule has 1 aromatic carbocycles. The average molecular weight is 332 g/mol. The van der Waals surface area contributed by atoms with Crippen molar-refractivity contribution in [3.8, 4) is 0 Å². The zero-order valence-electron chi connectivity index (χ0n) is 12.5. The normalized spacial score (nSPS) is 12.5. The molecule has 4 heterocycles. The highest BCUT2D eigenvalue weighted by Gasteiger charge is 2.17. The molecule has 24 heavy (non-hydrogen) atoms. The second kappa shape index (κ2) is 5.31. The summed E-state index contributed by atoms with van der Waals surface area (Å²) in [4.78, 5) is 18.5. The van der Waals surface area contributed by atoms with Gasteiger partial charge >= 0.3 is 0 Å². The molecule has 5 rings (SSSR count). The van der Waals surface area contributed by atoms with Crippen LogP contribution in [0.4, 0.5) is 11.5 Å². The van der Waals surface area contributed by atoms with Gasteiger partial charge in [-0.25, -0.2) is 19.9 Å². The highest BCUT2D eigenvalue weighted by Crippen LogP contribution is 2.42. The summed E-state index contributed by atoms with van der Waals surface area (Å²) in [6.07, 6.45) is 7.01. The number of hydrogen-bond donors (Lipinski definition) is 1. The molecule has 3 aromatic heterocycles. The lowest BCUT2D eigenvalue weighted by Crippen LogP contribution is -2.05. The van der Waals surface area contributed by atoms with Crippen molar-refractivity contribution in [1.82, 2.24) is 24.5 Å². The van der Waals surface area contributed by atoms with Crippen LogP contribution in [0, 0.1) is 0 Å². The number of pyridine rings is 1. The largest absolute Gasteiger partial charge is 0.337 e. The fourth-order valence-electron chi connectivity index (χ4n) is 2.80. The number of benzene rings is 1. The Bertz CT molecular complexity index is 1060. The Kier molecular flexibility index (Phi) is 2.99. The molecule has 6 nitrogen and oxygen atoms in total. The Morgan fingerprint density at radius 1 is 1.00 bits per heavy atom. The third-order valence-electron chi connectivity index (χ3n) is 3.92. The number of hydrogen-bond acceptors (Lipinski definition) is 6. The Balaban J connectivity index is 1.49. The summed E-state index contributed by atoms with van der Waals surface area (Å²) in [5, 5.41) is 4.27. The van der Waals surface area contributed by atoms with Crippen LogP contribution in [-0.2, 0) is 6.54 Å². The number of imidazole rings is 1. The van der Waals surface area contributed by atoms with Crippen molar-refractivity contribution in [2.24, 2.45) is 0 Å². The summed E-state index contributed by atoms with van der Waals surface area (Å²) in [6, 6.07) is 10.4. The van der Waals surface area contributed by atoms with Crippen LogP contribution in [0.2, 0.25) is 0 Å². The molecule has 0 saturated heterocycles. The summed E-state index contributed by atoms with van der Waals surface area (Å²) in [5.41, 5.74) is 4.06. The van der Waals surface area contributed by atoms with E-state index in [1.54, 1.807) is 30.4 Å². The molecule has 1 aliphatic heterocycles. The van der Waals surface area contributed by atoms with Gasteiger partial charge in [0.1, 0.15) is 5.03 Å². The van der Waals surface area contributed by atoms with Gasteiger partial charge in [0.05, 0.1) is 17.5 Å². The zero-order chi connectivity index (χ0) is 15.9. The van der Waals surface area contributed by atoms with Crippen molar-refractivity contribution in [2.45, 2.75) is 16.5 Å². The minimum Gasteiger partial charge on any atom is -0.337 e. The Hall–Kier alpha value is -2.93. The molecule has 116 valence electrons. The highest BCUT2D eigenvalue weighted by atomic mass is 32.2. The quantitative estimate of drug-likeness (QED) is 0.534.